The Morgan fingerprint density at radius 2 is 2.14 bits per heavy atom. The van der Waals surface area contributed by atoms with E-state index in [2.05, 4.69) is 4.72 Å². The van der Waals surface area contributed by atoms with E-state index in [1.165, 1.54) is 6.07 Å². The van der Waals surface area contributed by atoms with Crippen LogP contribution in [0.4, 0.5) is 5.69 Å². The standard InChI is InChI=1S/C15H24N2O3S/c1-2-12-6-7-13(16)9-15(12)21(19,20)17-10-11-4-3-5-14(18)8-11/h6-7,9,11,14,17-18H,2-5,8,10,16H2,1H3. The molecule has 1 aromatic rings. The third-order valence-electron chi connectivity index (χ3n) is 4.08. The molecular formula is C15H24N2O3S. The molecule has 1 saturated carbocycles. The summed E-state index contributed by atoms with van der Waals surface area (Å²) in [5, 5.41) is 9.65. The highest BCUT2D eigenvalue weighted by Gasteiger charge is 2.23. The molecule has 2 rings (SSSR count). The molecule has 0 aliphatic heterocycles. The van der Waals surface area contributed by atoms with E-state index in [1.807, 2.05) is 6.92 Å². The van der Waals surface area contributed by atoms with Crippen LogP contribution in [0.2, 0.25) is 0 Å². The van der Waals surface area contributed by atoms with E-state index in [1.54, 1.807) is 12.1 Å². The molecule has 0 heterocycles. The van der Waals surface area contributed by atoms with E-state index in [0.717, 1.165) is 24.8 Å². The van der Waals surface area contributed by atoms with Crippen molar-refractivity contribution in [3.05, 3.63) is 23.8 Å². The minimum Gasteiger partial charge on any atom is -0.399 e. The molecule has 1 aromatic carbocycles. The summed E-state index contributed by atoms with van der Waals surface area (Å²) in [4.78, 5) is 0.265. The maximum Gasteiger partial charge on any atom is 0.240 e. The molecule has 2 atom stereocenters. The molecule has 5 nitrogen and oxygen atoms in total. The highest BCUT2D eigenvalue weighted by atomic mass is 32.2. The van der Waals surface area contributed by atoms with Crippen molar-refractivity contribution in [3.63, 3.8) is 0 Å². The van der Waals surface area contributed by atoms with Gasteiger partial charge in [0.25, 0.3) is 0 Å². The Hall–Kier alpha value is -1.11. The van der Waals surface area contributed by atoms with Crippen LogP contribution in [0.25, 0.3) is 0 Å². The number of aryl methyl sites for hydroxylation is 1. The highest BCUT2D eigenvalue weighted by Crippen LogP contribution is 2.25. The van der Waals surface area contributed by atoms with Crippen molar-refractivity contribution in [2.45, 2.75) is 50.0 Å². The van der Waals surface area contributed by atoms with E-state index in [-0.39, 0.29) is 16.9 Å². The minimum atomic E-state index is -3.55. The molecule has 21 heavy (non-hydrogen) atoms. The lowest BCUT2D eigenvalue weighted by Crippen LogP contribution is -2.33. The van der Waals surface area contributed by atoms with Crippen LogP contribution in [0.1, 0.15) is 38.2 Å². The third kappa shape index (κ3) is 4.18. The zero-order chi connectivity index (χ0) is 15.5. The highest BCUT2D eigenvalue weighted by molar-refractivity contribution is 7.89. The number of hydrogen-bond donors (Lipinski definition) is 3. The van der Waals surface area contributed by atoms with E-state index >= 15 is 0 Å². The molecule has 118 valence electrons. The van der Waals surface area contributed by atoms with Crippen molar-refractivity contribution in [2.75, 3.05) is 12.3 Å². The number of aliphatic hydroxyl groups excluding tert-OH is 1. The maximum atomic E-state index is 12.5. The first kappa shape index (κ1) is 16.3. The molecule has 6 heteroatoms. The molecule has 1 fully saturated rings. The number of nitrogen functional groups attached to an aromatic ring is 1. The predicted octanol–water partition coefficient (Wildman–Crippen LogP) is 1.66. The molecule has 0 saturated heterocycles. The molecule has 4 N–H and O–H groups in total. The summed E-state index contributed by atoms with van der Waals surface area (Å²) < 4.78 is 27.6. The smallest absolute Gasteiger partial charge is 0.240 e. The molecule has 0 amide bonds. The van der Waals surface area contributed by atoms with E-state index in [9.17, 15) is 13.5 Å². The summed E-state index contributed by atoms with van der Waals surface area (Å²) in [6, 6.07) is 4.99. The first-order chi connectivity index (χ1) is 9.92. The van der Waals surface area contributed by atoms with Gasteiger partial charge in [-0.15, -0.1) is 0 Å². The van der Waals surface area contributed by atoms with Gasteiger partial charge in [-0.1, -0.05) is 19.4 Å². The fourth-order valence-electron chi connectivity index (χ4n) is 2.87. The molecule has 2 unspecified atom stereocenters. The van der Waals surface area contributed by atoms with Crippen molar-refractivity contribution in [1.82, 2.24) is 4.72 Å². The summed E-state index contributed by atoms with van der Waals surface area (Å²) in [5.74, 6) is 0.203. The summed E-state index contributed by atoms with van der Waals surface area (Å²) in [7, 11) is -3.55. The Balaban J connectivity index is 2.09. The van der Waals surface area contributed by atoms with Crippen LogP contribution in [0.15, 0.2) is 23.1 Å². The summed E-state index contributed by atoms with van der Waals surface area (Å²) in [5.41, 5.74) is 6.92. The third-order valence-corrected chi connectivity index (χ3v) is 5.58. The van der Waals surface area contributed by atoms with E-state index < -0.39 is 10.0 Å². The van der Waals surface area contributed by atoms with Gasteiger partial charge in [0.2, 0.25) is 10.0 Å². The quantitative estimate of drug-likeness (QED) is 0.721. The Morgan fingerprint density at radius 3 is 2.81 bits per heavy atom. The zero-order valence-corrected chi connectivity index (χ0v) is 13.2. The second-order valence-electron chi connectivity index (χ2n) is 5.76. The number of anilines is 1. The number of benzene rings is 1. The van der Waals surface area contributed by atoms with Crippen LogP contribution in [0, 0.1) is 5.92 Å². The number of nitrogens with one attached hydrogen (secondary N) is 1. The Bertz CT molecular complexity index is 587. The van der Waals surface area contributed by atoms with Gasteiger partial charge in [0.15, 0.2) is 0 Å². The normalized spacial score (nSPS) is 23.1. The lowest BCUT2D eigenvalue weighted by Gasteiger charge is -2.26. The number of nitrogens with two attached hydrogens (primary N) is 1. The number of sulfonamides is 1. The van der Waals surface area contributed by atoms with Crippen LogP contribution in [0.5, 0.6) is 0 Å². The Morgan fingerprint density at radius 1 is 1.38 bits per heavy atom. The van der Waals surface area contributed by atoms with Crippen molar-refractivity contribution in [1.29, 1.82) is 0 Å². The van der Waals surface area contributed by atoms with Crippen molar-refractivity contribution < 1.29 is 13.5 Å². The Kier molecular flexibility index (Phi) is 5.24. The van der Waals surface area contributed by atoms with Crippen molar-refractivity contribution in [2.24, 2.45) is 5.92 Å². The average Bonchev–Trinajstić information content (AvgIpc) is 2.45. The molecule has 1 aliphatic rings. The molecule has 0 radical (unpaired) electrons. The largest absolute Gasteiger partial charge is 0.399 e. The summed E-state index contributed by atoms with van der Waals surface area (Å²) in [6.45, 7) is 2.29. The van der Waals surface area contributed by atoms with Crippen molar-refractivity contribution >= 4 is 15.7 Å². The van der Waals surface area contributed by atoms with E-state index in [0.29, 0.717) is 25.1 Å². The predicted molar refractivity (Wildman–Crippen MR) is 83.4 cm³/mol. The monoisotopic (exact) mass is 312 g/mol. The SMILES string of the molecule is CCc1ccc(N)cc1S(=O)(=O)NCC1CCCC(O)C1. The van der Waals surface area contributed by atoms with Crippen LogP contribution >= 0.6 is 0 Å². The maximum absolute atomic E-state index is 12.5. The molecule has 0 aromatic heterocycles. The molecule has 0 bridgehead atoms. The van der Waals surface area contributed by atoms with Gasteiger partial charge in [0.1, 0.15) is 0 Å². The molecule has 1 aliphatic carbocycles. The summed E-state index contributed by atoms with van der Waals surface area (Å²) in [6.07, 6.45) is 3.73. The number of aliphatic hydroxyl groups is 1. The van der Waals surface area contributed by atoms with Crippen molar-refractivity contribution in [3.8, 4) is 0 Å². The van der Waals surface area contributed by atoms with Gasteiger partial charge < -0.3 is 10.8 Å². The first-order valence-corrected chi connectivity index (χ1v) is 8.97. The van der Waals surface area contributed by atoms with Gasteiger partial charge in [-0.2, -0.15) is 0 Å². The van der Waals surface area contributed by atoms with E-state index in [4.69, 9.17) is 5.73 Å². The fourth-order valence-corrected chi connectivity index (χ4v) is 4.33. The van der Waals surface area contributed by atoms with Gasteiger partial charge >= 0.3 is 0 Å². The zero-order valence-electron chi connectivity index (χ0n) is 12.4. The first-order valence-electron chi connectivity index (χ1n) is 7.48. The second kappa shape index (κ2) is 6.77. The van der Waals surface area contributed by atoms with Gasteiger partial charge in [-0.25, -0.2) is 13.1 Å². The van der Waals surface area contributed by atoms with Crippen LogP contribution < -0.4 is 10.5 Å². The topological polar surface area (TPSA) is 92.4 Å². The average molecular weight is 312 g/mol. The van der Waals surface area contributed by atoms with Crippen LogP contribution in [-0.2, 0) is 16.4 Å². The van der Waals surface area contributed by atoms with Gasteiger partial charge in [-0.3, -0.25) is 0 Å². The van der Waals surface area contributed by atoms with Gasteiger partial charge in [0.05, 0.1) is 11.0 Å². The molecular weight excluding hydrogens is 288 g/mol. The van der Waals surface area contributed by atoms with Gasteiger partial charge in [-0.05, 0) is 49.3 Å². The fraction of sp³-hybridized carbons (Fsp3) is 0.600. The lowest BCUT2D eigenvalue weighted by atomic mass is 9.87. The lowest BCUT2D eigenvalue weighted by molar-refractivity contribution is 0.102. The van der Waals surface area contributed by atoms with Crippen LogP contribution in [0.3, 0.4) is 0 Å². The Labute approximate surface area is 126 Å². The number of hydrogen-bond acceptors (Lipinski definition) is 4. The van der Waals surface area contributed by atoms with Crippen LogP contribution in [-0.4, -0.2) is 26.2 Å². The molecule has 0 spiro atoms. The minimum absolute atomic E-state index is 0.203. The second-order valence-corrected chi connectivity index (χ2v) is 7.49. The van der Waals surface area contributed by atoms with Gasteiger partial charge in [0, 0.05) is 12.2 Å². The summed E-state index contributed by atoms with van der Waals surface area (Å²) >= 11 is 0. The number of rotatable bonds is 5.